The summed E-state index contributed by atoms with van der Waals surface area (Å²) < 4.78 is 0. The average Bonchev–Trinajstić information content (AvgIpc) is 3.26. The van der Waals surface area contributed by atoms with Crippen molar-refractivity contribution in [3.63, 3.8) is 0 Å². The first-order valence-electron chi connectivity index (χ1n) is 12.5. The summed E-state index contributed by atoms with van der Waals surface area (Å²) in [5, 5.41) is 0. The molecular formula is C32H36N2. The van der Waals surface area contributed by atoms with Crippen molar-refractivity contribution in [2.45, 2.75) is 54.4 Å². The molecule has 2 nitrogen and oxygen atoms in total. The lowest BCUT2D eigenvalue weighted by Crippen LogP contribution is -2.18. The van der Waals surface area contributed by atoms with Crippen molar-refractivity contribution in [2.75, 3.05) is 0 Å². The molecule has 2 aliphatic heterocycles. The van der Waals surface area contributed by atoms with Crippen LogP contribution in [0.25, 0.3) is 12.2 Å². The van der Waals surface area contributed by atoms with Gasteiger partial charge in [-0.1, -0.05) is 88.4 Å². The summed E-state index contributed by atoms with van der Waals surface area (Å²) >= 11 is 0. The molecule has 0 unspecified atom stereocenters. The van der Waals surface area contributed by atoms with Crippen LogP contribution in [0.2, 0.25) is 0 Å². The molecule has 0 spiro atoms. The Morgan fingerprint density at radius 1 is 0.588 bits per heavy atom. The van der Waals surface area contributed by atoms with E-state index >= 15 is 0 Å². The molecule has 0 N–H and O–H groups in total. The number of benzene rings is 2. The molecule has 0 saturated carbocycles. The van der Waals surface area contributed by atoms with E-state index < -0.39 is 0 Å². The van der Waals surface area contributed by atoms with Crippen LogP contribution in [0.3, 0.4) is 0 Å². The molecule has 2 aliphatic rings. The largest absolute Gasteiger partial charge is 0.246 e. The molecule has 0 fully saturated rings. The first kappa shape index (κ1) is 23.9. The van der Waals surface area contributed by atoms with Crippen molar-refractivity contribution in [2.24, 2.45) is 21.8 Å². The highest BCUT2D eigenvalue weighted by Gasteiger charge is 2.31. The maximum absolute atomic E-state index is 5.23. The van der Waals surface area contributed by atoms with E-state index in [1.165, 1.54) is 33.4 Å². The van der Waals surface area contributed by atoms with Crippen LogP contribution < -0.4 is 0 Å². The van der Waals surface area contributed by atoms with E-state index in [2.05, 4.69) is 114 Å². The summed E-state index contributed by atoms with van der Waals surface area (Å²) in [4.78, 5) is 10.5. The van der Waals surface area contributed by atoms with Gasteiger partial charge >= 0.3 is 0 Å². The quantitative estimate of drug-likeness (QED) is 0.405. The van der Waals surface area contributed by atoms with Gasteiger partial charge in [0.25, 0.3) is 0 Å². The van der Waals surface area contributed by atoms with E-state index in [0.717, 1.165) is 35.7 Å². The summed E-state index contributed by atoms with van der Waals surface area (Å²) in [5.74, 6) is 1.09. The molecule has 2 aromatic carbocycles. The zero-order valence-corrected chi connectivity index (χ0v) is 21.4. The summed E-state index contributed by atoms with van der Waals surface area (Å²) in [5.41, 5.74) is 11.8. The van der Waals surface area contributed by atoms with E-state index in [0.29, 0.717) is 11.8 Å². The Balaban J connectivity index is 1.84. The van der Waals surface area contributed by atoms with Crippen LogP contribution in [0.5, 0.6) is 0 Å². The smallest absolute Gasteiger partial charge is 0.0932 e. The zero-order valence-electron chi connectivity index (χ0n) is 21.4. The maximum atomic E-state index is 5.23. The number of aliphatic imine (C=N–C) groups is 2. The van der Waals surface area contributed by atoms with Crippen LogP contribution in [0.15, 0.2) is 104 Å². The molecule has 2 heteroatoms. The Hall–Kier alpha value is -3.26. The van der Waals surface area contributed by atoms with Crippen LogP contribution in [0.1, 0.15) is 65.5 Å². The molecule has 174 valence electrons. The van der Waals surface area contributed by atoms with Crippen LogP contribution in [-0.2, 0) is 0 Å². The molecule has 34 heavy (non-hydrogen) atoms. The van der Waals surface area contributed by atoms with Crippen molar-refractivity contribution in [1.82, 2.24) is 0 Å². The lowest BCUT2D eigenvalue weighted by molar-refractivity contribution is 0.650. The van der Waals surface area contributed by atoms with Gasteiger partial charge in [0.2, 0.25) is 0 Å². The fourth-order valence-electron chi connectivity index (χ4n) is 4.61. The predicted molar refractivity (Wildman–Crippen MR) is 148 cm³/mol. The molecule has 0 saturated heterocycles. The third-order valence-electron chi connectivity index (χ3n) is 6.36. The minimum Gasteiger partial charge on any atom is -0.246 e. The van der Waals surface area contributed by atoms with Gasteiger partial charge in [0, 0.05) is 0 Å². The standard InChI is InChI=1S/C32H36N2/c1-21(2)17-27-23(5)29(19-25-13-9-7-10-14-25)33-31(27)32-28(18-22(3)4)24(6)30(34-32)20-26-15-11-8-12-16-26/h7-16,19-22H,17-18H2,1-6H3/b29-19-,30-20+. The van der Waals surface area contributed by atoms with Crippen molar-refractivity contribution < 1.29 is 0 Å². The number of allylic oxidation sites excluding steroid dienone is 4. The normalized spacial score (nSPS) is 18.7. The van der Waals surface area contributed by atoms with E-state index in [9.17, 15) is 0 Å². The lowest BCUT2D eigenvalue weighted by Gasteiger charge is -2.14. The number of rotatable bonds is 7. The van der Waals surface area contributed by atoms with Gasteiger partial charge in [-0.15, -0.1) is 0 Å². The van der Waals surface area contributed by atoms with Gasteiger partial charge < -0.3 is 0 Å². The van der Waals surface area contributed by atoms with Crippen molar-refractivity contribution in [1.29, 1.82) is 0 Å². The van der Waals surface area contributed by atoms with E-state index in [-0.39, 0.29) is 0 Å². The first-order valence-corrected chi connectivity index (χ1v) is 12.5. The third-order valence-corrected chi connectivity index (χ3v) is 6.36. The highest BCUT2D eigenvalue weighted by molar-refractivity contribution is 6.55. The summed E-state index contributed by atoms with van der Waals surface area (Å²) in [6.45, 7) is 13.6. The molecule has 4 rings (SSSR count). The number of hydrogen-bond acceptors (Lipinski definition) is 2. The fourth-order valence-corrected chi connectivity index (χ4v) is 4.61. The third kappa shape index (κ3) is 5.28. The van der Waals surface area contributed by atoms with Gasteiger partial charge in [-0.2, -0.15) is 0 Å². The SMILES string of the molecule is CC1=C(CC(C)C)C(C2=N/C(=C/c3ccccc3)C(C)=C2CC(C)C)=N/C1=C\c1ccccc1. The van der Waals surface area contributed by atoms with Gasteiger partial charge in [-0.3, -0.25) is 0 Å². The maximum Gasteiger partial charge on any atom is 0.0932 e. The fraction of sp³-hybridized carbons (Fsp3) is 0.312. The van der Waals surface area contributed by atoms with Gasteiger partial charge in [0.15, 0.2) is 0 Å². The average molecular weight is 449 g/mol. The zero-order chi connectivity index (χ0) is 24.2. The highest BCUT2D eigenvalue weighted by Crippen LogP contribution is 2.38. The molecule has 0 atom stereocenters. The second-order valence-electron chi connectivity index (χ2n) is 10.2. The molecule has 0 amide bonds. The summed E-state index contributed by atoms with van der Waals surface area (Å²) in [6.07, 6.45) is 6.41. The Bertz CT molecular complexity index is 1130. The van der Waals surface area contributed by atoms with Crippen LogP contribution in [0, 0.1) is 11.8 Å². The van der Waals surface area contributed by atoms with E-state index in [1.54, 1.807) is 0 Å². The summed E-state index contributed by atoms with van der Waals surface area (Å²) in [6, 6.07) is 21.0. The second-order valence-corrected chi connectivity index (χ2v) is 10.2. The van der Waals surface area contributed by atoms with Gasteiger partial charge in [0.1, 0.15) is 0 Å². The van der Waals surface area contributed by atoms with Gasteiger partial charge in [-0.25, -0.2) is 9.98 Å². The molecule has 0 aliphatic carbocycles. The monoisotopic (exact) mass is 448 g/mol. The minimum absolute atomic E-state index is 0.547. The Kier molecular flexibility index (Phi) is 7.26. The number of hydrogen-bond donors (Lipinski definition) is 0. The van der Waals surface area contributed by atoms with Crippen LogP contribution in [0.4, 0.5) is 0 Å². The Labute approximate surface area is 205 Å². The van der Waals surface area contributed by atoms with E-state index in [4.69, 9.17) is 9.98 Å². The molecule has 0 radical (unpaired) electrons. The predicted octanol–water partition coefficient (Wildman–Crippen LogP) is 8.70. The number of nitrogens with zero attached hydrogens (tertiary/aromatic N) is 2. The Morgan fingerprint density at radius 3 is 1.26 bits per heavy atom. The van der Waals surface area contributed by atoms with Crippen molar-refractivity contribution >= 4 is 23.6 Å². The molecular weight excluding hydrogens is 412 g/mol. The molecule has 0 aromatic heterocycles. The van der Waals surface area contributed by atoms with Crippen molar-refractivity contribution in [3.8, 4) is 0 Å². The lowest BCUT2D eigenvalue weighted by atomic mass is 9.88. The van der Waals surface area contributed by atoms with E-state index in [1.807, 2.05) is 0 Å². The highest BCUT2D eigenvalue weighted by atomic mass is 14.9. The molecule has 2 heterocycles. The molecule has 2 aromatic rings. The summed E-state index contributed by atoms with van der Waals surface area (Å²) in [7, 11) is 0. The van der Waals surface area contributed by atoms with Crippen LogP contribution >= 0.6 is 0 Å². The first-order chi connectivity index (χ1) is 16.3. The Morgan fingerprint density at radius 2 is 0.941 bits per heavy atom. The molecule has 0 bridgehead atoms. The van der Waals surface area contributed by atoms with Crippen LogP contribution in [-0.4, -0.2) is 11.4 Å². The van der Waals surface area contributed by atoms with Crippen molar-refractivity contribution in [3.05, 3.63) is 105 Å². The van der Waals surface area contributed by atoms with Gasteiger partial charge in [0.05, 0.1) is 22.8 Å². The second kappa shape index (κ2) is 10.3. The minimum atomic E-state index is 0.547. The van der Waals surface area contributed by atoms with Gasteiger partial charge in [-0.05, 0) is 84.1 Å². The topological polar surface area (TPSA) is 24.7 Å².